The summed E-state index contributed by atoms with van der Waals surface area (Å²) in [5, 5.41) is 2.58. The van der Waals surface area contributed by atoms with Crippen LogP contribution in [-0.2, 0) is 5.41 Å². The second-order valence-electron chi connectivity index (χ2n) is 14.4. The Hall–Kier alpha value is -6.61. The summed E-state index contributed by atoms with van der Waals surface area (Å²) in [6.07, 6.45) is 0. The van der Waals surface area contributed by atoms with Gasteiger partial charge in [-0.15, -0.1) is 0 Å². The normalized spacial score (nSPS) is 13.2. The second kappa shape index (κ2) is 12.8. The van der Waals surface area contributed by atoms with E-state index >= 15 is 0 Å². The van der Waals surface area contributed by atoms with Crippen LogP contribution in [-0.4, -0.2) is 0 Å². The zero-order valence-electron chi connectivity index (χ0n) is 30.1. The molecule has 0 fully saturated rings. The molecule has 0 amide bonds. The molecule has 11 rings (SSSR count). The molecule has 258 valence electrons. The number of rotatable bonds is 5. The fourth-order valence-electron chi connectivity index (χ4n) is 9.23. The zero-order chi connectivity index (χ0) is 36.3. The van der Waals surface area contributed by atoms with E-state index < -0.39 is 5.41 Å². The first kappa shape index (κ1) is 31.9. The molecule has 1 heterocycles. The maximum atomic E-state index is 2.38. The molecule has 0 saturated carbocycles. The maximum Gasteiger partial charge on any atom is 0.0747 e. The molecular formula is C53H35NS. The summed E-state index contributed by atoms with van der Waals surface area (Å²) in [6.45, 7) is 0. The van der Waals surface area contributed by atoms with Crippen LogP contribution >= 0.6 is 11.8 Å². The van der Waals surface area contributed by atoms with Gasteiger partial charge < -0.3 is 4.90 Å². The fourth-order valence-corrected chi connectivity index (χ4v) is 10.5. The molecule has 0 atom stereocenters. The highest BCUT2D eigenvalue weighted by atomic mass is 32.2. The van der Waals surface area contributed by atoms with Gasteiger partial charge in [-0.05, 0) is 115 Å². The van der Waals surface area contributed by atoms with Gasteiger partial charge in [-0.2, -0.15) is 0 Å². The lowest BCUT2D eigenvalue weighted by atomic mass is 9.64. The molecule has 0 saturated heterocycles. The van der Waals surface area contributed by atoms with Gasteiger partial charge in [0.05, 0.1) is 5.41 Å². The monoisotopic (exact) mass is 717 g/mol. The van der Waals surface area contributed by atoms with Crippen molar-refractivity contribution < 1.29 is 0 Å². The number of nitrogens with zero attached hydrogens (tertiary/aromatic N) is 1. The molecule has 2 heteroatoms. The predicted octanol–water partition coefficient (Wildman–Crippen LogP) is 14.5. The van der Waals surface area contributed by atoms with Crippen LogP contribution in [0.1, 0.15) is 22.3 Å². The van der Waals surface area contributed by atoms with Crippen molar-refractivity contribution in [3.8, 4) is 33.4 Å². The molecule has 0 radical (unpaired) electrons. The molecule has 9 aromatic carbocycles. The highest BCUT2D eigenvalue weighted by molar-refractivity contribution is 7.99. The first-order chi connectivity index (χ1) is 27.3. The Kier molecular flexibility index (Phi) is 7.40. The molecular weight excluding hydrogens is 683 g/mol. The van der Waals surface area contributed by atoms with E-state index in [-0.39, 0.29) is 0 Å². The van der Waals surface area contributed by atoms with Crippen molar-refractivity contribution in [1.29, 1.82) is 0 Å². The number of fused-ring (bicyclic) bond motifs is 11. The van der Waals surface area contributed by atoms with E-state index in [4.69, 9.17) is 0 Å². The van der Waals surface area contributed by atoms with Gasteiger partial charge >= 0.3 is 0 Å². The van der Waals surface area contributed by atoms with E-state index in [2.05, 4.69) is 217 Å². The van der Waals surface area contributed by atoms with Gasteiger partial charge in [0.2, 0.25) is 0 Å². The summed E-state index contributed by atoms with van der Waals surface area (Å²) in [4.78, 5) is 4.98. The van der Waals surface area contributed by atoms with Crippen molar-refractivity contribution in [2.75, 3.05) is 4.90 Å². The van der Waals surface area contributed by atoms with Crippen LogP contribution in [0.25, 0.3) is 44.2 Å². The van der Waals surface area contributed by atoms with Crippen molar-refractivity contribution in [2.24, 2.45) is 0 Å². The SMILES string of the molecule is c1ccc(-c2ccc(N(c3ccccc3)c3ccc(-c4cccc5c4C4(c6ccccc6-c6ccccc64)c4c(ccc6ccccc46)S5)cc3)cc2)cc1. The summed E-state index contributed by atoms with van der Waals surface area (Å²) >= 11 is 1.91. The molecule has 0 bridgehead atoms. The van der Waals surface area contributed by atoms with Crippen LogP contribution in [0.3, 0.4) is 0 Å². The van der Waals surface area contributed by atoms with Gasteiger partial charge in [-0.1, -0.05) is 176 Å². The largest absolute Gasteiger partial charge is 0.311 e. The maximum absolute atomic E-state index is 2.38. The lowest BCUT2D eigenvalue weighted by Gasteiger charge is -2.42. The Morgan fingerprint density at radius 1 is 0.327 bits per heavy atom. The molecule has 1 aliphatic carbocycles. The number of hydrogen-bond acceptors (Lipinski definition) is 2. The molecule has 2 aliphatic rings. The van der Waals surface area contributed by atoms with E-state index in [0.29, 0.717) is 0 Å². The highest BCUT2D eigenvalue weighted by Crippen LogP contribution is 2.65. The first-order valence-corrected chi connectivity index (χ1v) is 19.7. The molecule has 55 heavy (non-hydrogen) atoms. The van der Waals surface area contributed by atoms with Gasteiger partial charge in [0.25, 0.3) is 0 Å². The number of para-hydroxylation sites is 1. The smallest absolute Gasteiger partial charge is 0.0747 e. The van der Waals surface area contributed by atoms with E-state index in [1.165, 1.54) is 76.2 Å². The lowest BCUT2D eigenvalue weighted by Crippen LogP contribution is -2.33. The van der Waals surface area contributed by atoms with Crippen molar-refractivity contribution in [2.45, 2.75) is 15.2 Å². The molecule has 9 aromatic rings. The van der Waals surface area contributed by atoms with E-state index in [1.807, 2.05) is 11.8 Å². The summed E-state index contributed by atoms with van der Waals surface area (Å²) < 4.78 is 0. The Morgan fingerprint density at radius 2 is 0.836 bits per heavy atom. The Balaban J connectivity index is 1.11. The third-order valence-corrected chi connectivity index (χ3v) is 12.6. The van der Waals surface area contributed by atoms with Crippen LogP contribution in [0.5, 0.6) is 0 Å². The standard InChI is InChI=1S/C53H35NS/c1-3-14-36(15-4-1)37-26-31-41(32-27-37)54(40-17-5-2-6-18-40)42-33-28-39(29-34-42)44-22-13-25-49-51(44)53(52-43-19-8-7-16-38(43)30-35-50(52)55-49)47-23-11-9-20-45(47)46-21-10-12-24-48(46)53/h1-35H. The zero-order valence-corrected chi connectivity index (χ0v) is 30.9. The van der Waals surface area contributed by atoms with Crippen molar-refractivity contribution in [1.82, 2.24) is 0 Å². The van der Waals surface area contributed by atoms with Gasteiger partial charge in [0.1, 0.15) is 0 Å². The topological polar surface area (TPSA) is 3.24 Å². The van der Waals surface area contributed by atoms with Crippen molar-refractivity contribution >= 4 is 39.6 Å². The van der Waals surface area contributed by atoms with Crippen LogP contribution in [0.4, 0.5) is 17.1 Å². The molecule has 1 nitrogen and oxygen atoms in total. The third-order valence-electron chi connectivity index (χ3n) is 11.5. The Labute approximate surface area is 326 Å². The minimum atomic E-state index is -0.490. The minimum Gasteiger partial charge on any atom is -0.311 e. The third kappa shape index (κ3) is 4.88. The average Bonchev–Trinajstić information content (AvgIpc) is 3.55. The van der Waals surface area contributed by atoms with Crippen LogP contribution < -0.4 is 4.90 Å². The van der Waals surface area contributed by atoms with Gasteiger partial charge in [0, 0.05) is 26.9 Å². The van der Waals surface area contributed by atoms with Gasteiger partial charge in [0.15, 0.2) is 0 Å². The van der Waals surface area contributed by atoms with Crippen LogP contribution in [0, 0.1) is 0 Å². The first-order valence-electron chi connectivity index (χ1n) is 18.9. The quantitative estimate of drug-likeness (QED) is 0.174. The summed E-state index contributed by atoms with van der Waals surface area (Å²) in [5.41, 5.74) is 15.9. The molecule has 0 N–H and O–H groups in total. The summed E-state index contributed by atoms with van der Waals surface area (Å²) in [6, 6.07) is 78.1. The number of hydrogen-bond donors (Lipinski definition) is 0. The van der Waals surface area contributed by atoms with Crippen molar-refractivity contribution in [3.63, 3.8) is 0 Å². The van der Waals surface area contributed by atoms with Gasteiger partial charge in [-0.3, -0.25) is 0 Å². The average molecular weight is 718 g/mol. The predicted molar refractivity (Wildman–Crippen MR) is 231 cm³/mol. The number of anilines is 3. The van der Waals surface area contributed by atoms with Crippen LogP contribution in [0.2, 0.25) is 0 Å². The Morgan fingerprint density at radius 3 is 1.53 bits per heavy atom. The molecule has 1 spiro atoms. The van der Waals surface area contributed by atoms with Crippen molar-refractivity contribution in [3.05, 3.63) is 235 Å². The molecule has 1 aliphatic heterocycles. The Bertz CT molecular complexity index is 2830. The van der Waals surface area contributed by atoms with E-state index in [1.54, 1.807) is 0 Å². The number of benzene rings is 9. The summed E-state index contributed by atoms with van der Waals surface area (Å²) in [5.74, 6) is 0. The molecule has 0 unspecified atom stereocenters. The van der Waals surface area contributed by atoms with E-state index in [0.717, 1.165) is 17.1 Å². The molecule has 0 aromatic heterocycles. The van der Waals surface area contributed by atoms with Crippen LogP contribution in [0.15, 0.2) is 222 Å². The van der Waals surface area contributed by atoms with E-state index in [9.17, 15) is 0 Å². The van der Waals surface area contributed by atoms with Gasteiger partial charge in [-0.25, -0.2) is 0 Å². The lowest BCUT2D eigenvalue weighted by molar-refractivity contribution is 0.733. The highest BCUT2D eigenvalue weighted by Gasteiger charge is 2.52. The second-order valence-corrected chi connectivity index (χ2v) is 15.5. The minimum absolute atomic E-state index is 0.490. The summed E-state index contributed by atoms with van der Waals surface area (Å²) in [7, 11) is 0. The fraction of sp³-hybridized carbons (Fsp3) is 0.0189.